The van der Waals surface area contributed by atoms with Gasteiger partial charge in [-0.05, 0) is 17.7 Å². The first-order valence-corrected chi connectivity index (χ1v) is 8.04. The summed E-state index contributed by atoms with van der Waals surface area (Å²) in [6.45, 7) is 2.42. The van der Waals surface area contributed by atoms with E-state index in [1.807, 2.05) is 30.3 Å². The van der Waals surface area contributed by atoms with Gasteiger partial charge in [0.1, 0.15) is 11.6 Å². The molecule has 4 nitrogen and oxygen atoms in total. The van der Waals surface area contributed by atoms with Crippen molar-refractivity contribution in [3.63, 3.8) is 0 Å². The molecule has 0 aliphatic carbocycles. The summed E-state index contributed by atoms with van der Waals surface area (Å²) >= 11 is 0. The average Bonchev–Trinajstić information content (AvgIpc) is 2.61. The van der Waals surface area contributed by atoms with E-state index in [1.54, 1.807) is 4.90 Å². The summed E-state index contributed by atoms with van der Waals surface area (Å²) < 4.78 is 27.0. The van der Waals surface area contributed by atoms with Gasteiger partial charge in [-0.3, -0.25) is 9.59 Å². The van der Waals surface area contributed by atoms with Crippen LogP contribution in [0, 0.1) is 11.6 Å². The Labute approximate surface area is 144 Å². The van der Waals surface area contributed by atoms with Crippen LogP contribution in [0.1, 0.15) is 28.9 Å². The second kappa shape index (κ2) is 7.01. The zero-order valence-corrected chi connectivity index (χ0v) is 13.8. The van der Waals surface area contributed by atoms with E-state index in [4.69, 9.17) is 0 Å². The van der Waals surface area contributed by atoms with Crippen LogP contribution in [0.25, 0.3) is 0 Å². The zero-order valence-electron chi connectivity index (χ0n) is 13.8. The quantitative estimate of drug-likeness (QED) is 0.840. The molecular formula is C19H18F2N2O2. The van der Waals surface area contributed by atoms with Gasteiger partial charge in [-0.1, -0.05) is 30.3 Å². The molecule has 1 heterocycles. The smallest absolute Gasteiger partial charge is 0.256 e. The largest absolute Gasteiger partial charge is 0.334 e. The molecule has 0 bridgehead atoms. The lowest BCUT2D eigenvalue weighted by atomic mass is 10.0. The van der Waals surface area contributed by atoms with Crippen LogP contribution in [0.5, 0.6) is 0 Å². The summed E-state index contributed by atoms with van der Waals surface area (Å²) in [6.07, 6.45) is 0. The third kappa shape index (κ3) is 3.52. The molecule has 0 aromatic heterocycles. The predicted octanol–water partition coefficient (Wildman–Crippen LogP) is 3.01. The summed E-state index contributed by atoms with van der Waals surface area (Å²) in [6, 6.07) is 12.0. The van der Waals surface area contributed by atoms with Crippen LogP contribution in [-0.2, 0) is 4.79 Å². The molecule has 0 spiro atoms. The molecule has 0 radical (unpaired) electrons. The average molecular weight is 344 g/mol. The van der Waals surface area contributed by atoms with Crippen LogP contribution in [0.3, 0.4) is 0 Å². The van der Waals surface area contributed by atoms with Gasteiger partial charge in [-0.15, -0.1) is 0 Å². The van der Waals surface area contributed by atoms with Gasteiger partial charge >= 0.3 is 0 Å². The number of carbonyl (C=O) groups excluding carboxylic acids is 2. The highest BCUT2D eigenvalue weighted by Gasteiger charge is 2.33. The molecule has 1 aliphatic rings. The Hall–Kier alpha value is -2.76. The lowest BCUT2D eigenvalue weighted by Gasteiger charge is -2.41. The maximum absolute atomic E-state index is 13.9. The molecule has 0 N–H and O–H groups in total. The van der Waals surface area contributed by atoms with Crippen molar-refractivity contribution >= 4 is 11.8 Å². The zero-order chi connectivity index (χ0) is 18.0. The SMILES string of the molecule is CC(=O)N1CCN(C(=O)c2ccc(F)cc2F)CC1c1ccccc1. The minimum Gasteiger partial charge on any atom is -0.334 e. The third-order valence-electron chi connectivity index (χ3n) is 4.42. The molecule has 6 heteroatoms. The van der Waals surface area contributed by atoms with E-state index in [0.29, 0.717) is 19.2 Å². The van der Waals surface area contributed by atoms with Crippen LogP contribution in [0.4, 0.5) is 8.78 Å². The molecule has 1 fully saturated rings. The van der Waals surface area contributed by atoms with Crippen molar-refractivity contribution in [3.05, 3.63) is 71.3 Å². The molecule has 25 heavy (non-hydrogen) atoms. The Morgan fingerprint density at radius 1 is 1.04 bits per heavy atom. The fraction of sp³-hybridized carbons (Fsp3) is 0.263. The second-order valence-corrected chi connectivity index (χ2v) is 6.01. The monoisotopic (exact) mass is 344 g/mol. The van der Waals surface area contributed by atoms with Crippen molar-refractivity contribution in [2.24, 2.45) is 0 Å². The summed E-state index contributed by atoms with van der Waals surface area (Å²) in [5, 5.41) is 0. The van der Waals surface area contributed by atoms with E-state index in [0.717, 1.165) is 17.7 Å². The van der Waals surface area contributed by atoms with Crippen molar-refractivity contribution < 1.29 is 18.4 Å². The van der Waals surface area contributed by atoms with E-state index in [1.165, 1.54) is 11.8 Å². The van der Waals surface area contributed by atoms with Gasteiger partial charge in [0, 0.05) is 32.6 Å². The van der Waals surface area contributed by atoms with Crippen molar-refractivity contribution in [3.8, 4) is 0 Å². The van der Waals surface area contributed by atoms with Crippen molar-refractivity contribution in [1.29, 1.82) is 0 Å². The number of rotatable bonds is 2. The first-order valence-electron chi connectivity index (χ1n) is 8.04. The van der Waals surface area contributed by atoms with Crippen LogP contribution in [-0.4, -0.2) is 41.2 Å². The fourth-order valence-electron chi connectivity index (χ4n) is 3.14. The Bertz CT molecular complexity index is 795. The van der Waals surface area contributed by atoms with E-state index >= 15 is 0 Å². The molecule has 1 atom stereocenters. The topological polar surface area (TPSA) is 40.6 Å². The molecule has 1 unspecified atom stereocenters. The standard InChI is InChI=1S/C19H18F2N2O2/c1-13(24)23-10-9-22(12-18(23)14-5-3-2-4-6-14)19(25)16-8-7-15(20)11-17(16)21/h2-8,11,18H,9-10,12H2,1H3. The first-order chi connectivity index (χ1) is 12.0. The Morgan fingerprint density at radius 2 is 1.76 bits per heavy atom. The number of hydrogen-bond acceptors (Lipinski definition) is 2. The Balaban J connectivity index is 1.87. The number of halogens is 2. The number of piperazine rings is 1. The fourth-order valence-corrected chi connectivity index (χ4v) is 3.14. The van der Waals surface area contributed by atoms with Gasteiger partial charge in [-0.2, -0.15) is 0 Å². The van der Waals surface area contributed by atoms with E-state index in [-0.39, 0.29) is 24.1 Å². The van der Waals surface area contributed by atoms with Crippen molar-refractivity contribution in [2.75, 3.05) is 19.6 Å². The van der Waals surface area contributed by atoms with Crippen molar-refractivity contribution in [1.82, 2.24) is 9.80 Å². The predicted molar refractivity (Wildman–Crippen MR) is 88.8 cm³/mol. The van der Waals surface area contributed by atoms with Crippen LogP contribution in [0.2, 0.25) is 0 Å². The molecule has 1 aliphatic heterocycles. The maximum Gasteiger partial charge on any atom is 0.256 e. The molecule has 0 saturated carbocycles. The molecule has 2 amide bonds. The lowest BCUT2D eigenvalue weighted by Crippen LogP contribution is -2.52. The minimum atomic E-state index is -0.879. The minimum absolute atomic E-state index is 0.0751. The lowest BCUT2D eigenvalue weighted by molar-refractivity contribution is -0.133. The molecule has 130 valence electrons. The highest BCUT2D eigenvalue weighted by Crippen LogP contribution is 2.26. The number of carbonyl (C=O) groups is 2. The summed E-state index contributed by atoms with van der Waals surface area (Å²) in [5.74, 6) is -2.18. The number of nitrogens with zero attached hydrogens (tertiary/aromatic N) is 2. The Morgan fingerprint density at radius 3 is 2.40 bits per heavy atom. The van der Waals surface area contributed by atoms with Crippen LogP contribution in [0.15, 0.2) is 48.5 Å². The molecular weight excluding hydrogens is 326 g/mol. The van der Waals surface area contributed by atoms with Gasteiger partial charge in [-0.25, -0.2) is 8.78 Å². The van der Waals surface area contributed by atoms with Gasteiger partial charge in [0.05, 0.1) is 11.6 Å². The third-order valence-corrected chi connectivity index (χ3v) is 4.42. The van der Waals surface area contributed by atoms with Crippen LogP contribution >= 0.6 is 0 Å². The highest BCUT2D eigenvalue weighted by atomic mass is 19.1. The summed E-state index contributed by atoms with van der Waals surface area (Å²) in [7, 11) is 0. The molecule has 2 aromatic carbocycles. The number of amides is 2. The molecule has 1 saturated heterocycles. The number of hydrogen-bond donors (Lipinski definition) is 0. The van der Waals surface area contributed by atoms with E-state index in [2.05, 4.69) is 0 Å². The van der Waals surface area contributed by atoms with Gasteiger partial charge in [0.25, 0.3) is 5.91 Å². The van der Waals surface area contributed by atoms with Gasteiger partial charge in [0.2, 0.25) is 5.91 Å². The first kappa shape index (κ1) is 17.1. The normalized spacial score (nSPS) is 17.5. The second-order valence-electron chi connectivity index (χ2n) is 6.01. The van der Waals surface area contributed by atoms with E-state index in [9.17, 15) is 18.4 Å². The summed E-state index contributed by atoms with van der Waals surface area (Å²) in [5.41, 5.74) is 0.749. The maximum atomic E-state index is 13.9. The Kier molecular flexibility index (Phi) is 4.79. The molecule has 3 rings (SSSR count). The van der Waals surface area contributed by atoms with Gasteiger partial charge in [0.15, 0.2) is 0 Å². The summed E-state index contributed by atoms with van der Waals surface area (Å²) in [4.78, 5) is 27.8. The van der Waals surface area contributed by atoms with Crippen molar-refractivity contribution in [2.45, 2.75) is 13.0 Å². The van der Waals surface area contributed by atoms with Crippen LogP contribution < -0.4 is 0 Å². The number of benzene rings is 2. The van der Waals surface area contributed by atoms with Gasteiger partial charge < -0.3 is 9.80 Å². The van der Waals surface area contributed by atoms with E-state index < -0.39 is 17.5 Å². The highest BCUT2D eigenvalue weighted by molar-refractivity contribution is 5.94. The molecule has 2 aromatic rings.